The van der Waals surface area contributed by atoms with Gasteiger partial charge >= 0.3 is 10.2 Å². The lowest BCUT2D eigenvalue weighted by atomic mass is 9.95. The Morgan fingerprint density at radius 1 is 0.925 bits per heavy atom. The van der Waals surface area contributed by atoms with Crippen molar-refractivity contribution in [3.63, 3.8) is 0 Å². The number of amides is 1. The molecule has 1 amide bonds. The predicted molar refractivity (Wildman–Crippen MR) is 144 cm³/mol. The van der Waals surface area contributed by atoms with Crippen molar-refractivity contribution in [2.75, 3.05) is 5.32 Å². The number of hydrogen-bond acceptors (Lipinski definition) is 5. The molecular weight excluding hydrogens is 575 g/mol. The predicted octanol–water partition coefficient (Wildman–Crippen LogP) is 6.95. The summed E-state index contributed by atoms with van der Waals surface area (Å²) < 4.78 is 92.9. The van der Waals surface area contributed by atoms with Crippen molar-refractivity contribution in [2.45, 2.75) is 46.8 Å². The average Bonchev–Trinajstić information content (AvgIpc) is 3.36. The van der Waals surface area contributed by atoms with Gasteiger partial charge in [0.25, 0.3) is 5.91 Å². The number of pyridine rings is 1. The summed E-state index contributed by atoms with van der Waals surface area (Å²) in [7, 11) is -13.4. The first kappa shape index (κ1) is 27.9. The van der Waals surface area contributed by atoms with Gasteiger partial charge in [-0.3, -0.25) is 4.79 Å². The number of nitrogens with one attached hydrogen (secondary N) is 1. The van der Waals surface area contributed by atoms with Crippen molar-refractivity contribution in [2.24, 2.45) is 5.73 Å². The molecule has 2 aromatic heterocycles. The Bertz CT molecular complexity index is 1700. The molecule has 1 saturated carbocycles. The van der Waals surface area contributed by atoms with E-state index in [4.69, 9.17) is 5.73 Å². The van der Waals surface area contributed by atoms with E-state index in [-0.39, 0.29) is 22.2 Å². The summed E-state index contributed by atoms with van der Waals surface area (Å²) >= 11 is 0. The summed E-state index contributed by atoms with van der Waals surface area (Å²) in [6, 6.07) is 10.3. The monoisotopic (exact) mass is 600 g/mol. The minimum Gasteiger partial charge on any atom is -0.382 e. The molecule has 40 heavy (non-hydrogen) atoms. The van der Waals surface area contributed by atoms with E-state index in [1.807, 2.05) is 0 Å². The fraction of sp³-hybridized carbons (Fsp3) is 0.231. The summed E-state index contributed by atoms with van der Waals surface area (Å²) in [6.07, 6.45) is 6.49. The lowest BCUT2D eigenvalue weighted by Crippen LogP contribution is -2.32. The van der Waals surface area contributed by atoms with Crippen molar-refractivity contribution in [3.8, 4) is 11.1 Å². The zero-order valence-corrected chi connectivity index (χ0v) is 22.4. The zero-order chi connectivity index (χ0) is 29.0. The molecule has 1 fully saturated rings. The summed E-state index contributed by atoms with van der Waals surface area (Å²) in [5.74, 6) is -0.636. The number of benzene rings is 2. The van der Waals surface area contributed by atoms with Crippen LogP contribution in [0.3, 0.4) is 0 Å². The molecule has 2 heterocycles. The quantitative estimate of drug-likeness (QED) is 0.223. The SMILES string of the molecule is NC(=O)c1cc(-c2ccc(S(=O)(=O)C3CCC(Nc4ccc(S(F)(F)(F)(F)F)cc4)CC3)cc2)cn2ccnc12. The van der Waals surface area contributed by atoms with E-state index in [1.165, 1.54) is 18.3 Å². The smallest absolute Gasteiger partial charge is 0.310 e. The van der Waals surface area contributed by atoms with Gasteiger partial charge in [-0.1, -0.05) is 31.6 Å². The molecule has 0 radical (unpaired) electrons. The third-order valence-electron chi connectivity index (χ3n) is 7.05. The molecule has 1 aliphatic carbocycles. The van der Waals surface area contributed by atoms with Gasteiger partial charge < -0.3 is 15.5 Å². The number of anilines is 1. The molecular formula is C26H25F5N4O3S2. The molecule has 214 valence electrons. The third kappa shape index (κ3) is 5.63. The first-order valence-corrected chi connectivity index (χ1v) is 15.7. The Hall–Kier alpha value is -3.65. The van der Waals surface area contributed by atoms with E-state index in [0.29, 0.717) is 54.6 Å². The molecule has 14 heteroatoms. The second-order valence-corrected chi connectivity index (χ2v) is 14.5. The normalized spacial score (nSPS) is 20.0. The van der Waals surface area contributed by atoms with Crippen LogP contribution in [0.1, 0.15) is 36.0 Å². The molecule has 3 N–H and O–H groups in total. The van der Waals surface area contributed by atoms with Crippen molar-refractivity contribution in [1.82, 2.24) is 9.38 Å². The summed E-state index contributed by atoms with van der Waals surface area (Å²) in [5, 5.41) is 2.37. The number of aromatic nitrogens is 2. The zero-order valence-electron chi connectivity index (χ0n) is 20.8. The number of rotatable bonds is 7. The molecule has 0 atom stereocenters. The first-order chi connectivity index (χ1) is 18.5. The van der Waals surface area contributed by atoms with Crippen LogP contribution in [0, 0.1) is 0 Å². The number of carbonyl (C=O) groups excluding carboxylic acids is 1. The lowest BCUT2D eigenvalue weighted by molar-refractivity contribution is 0.100. The van der Waals surface area contributed by atoms with E-state index in [2.05, 4.69) is 10.3 Å². The number of fused-ring (bicyclic) bond motifs is 1. The fourth-order valence-electron chi connectivity index (χ4n) is 4.96. The van der Waals surface area contributed by atoms with Gasteiger partial charge in [0.2, 0.25) is 0 Å². The molecule has 4 aromatic rings. The number of sulfone groups is 1. The second kappa shape index (κ2) is 8.93. The molecule has 0 saturated heterocycles. The van der Waals surface area contributed by atoms with Crippen LogP contribution in [0.2, 0.25) is 0 Å². The Morgan fingerprint density at radius 2 is 1.55 bits per heavy atom. The minimum absolute atomic E-state index is 0.151. The van der Waals surface area contributed by atoms with E-state index in [0.717, 1.165) is 12.1 Å². The van der Waals surface area contributed by atoms with Gasteiger partial charge in [0.15, 0.2) is 9.84 Å². The summed E-state index contributed by atoms with van der Waals surface area (Å²) in [5.41, 5.74) is 7.73. The van der Waals surface area contributed by atoms with Gasteiger partial charge in [-0.2, -0.15) is 0 Å². The highest BCUT2D eigenvalue weighted by Crippen LogP contribution is 3.02. The number of primary amides is 1. The fourth-order valence-corrected chi connectivity index (χ4v) is 7.41. The summed E-state index contributed by atoms with van der Waals surface area (Å²) in [6.45, 7) is 0. The molecule has 1 aliphatic rings. The van der Waals surface area contributed by atoms with E-state index in [1.54, 1.807) is 35.0 Å². The molecule has 7 nitrogen and oxygen atoms in total. The third-order valence-corrected chi connectivity index (χ3v) is 10.5. The highest BCUT2D eigenvalue weighted by Gasteiger charge is 2.65. The van der Waals surface area contributed by atoms with Crippen LogP contribution < -0.4 is 11.1 Å². The number of carbonyl (C=O) groups is 1. The van der Waals surface area contributed by atoms with Gasteiger partial charge in [0, 0.05) is 30.3 Å². The average molecular weight is 601 g/mol. The maximum Gasteiger partial charge on any atom is 0.310 e. The van der Waals surface area contributed by atoms with Gasteiger partial charge in [-0.25, -0.2) is 13.4 Å². The number of hydrogen-bond donors (Lipinski definition) is 2. The minimum atomic E-state index is -9.74. The maximum absolute atomic E-state index is 13.3. The number of halogens is 5. The molecule has 2 aromatic carbocycles. The largest absolute Gasteiger partial charge is 0.382 e. The van der Waals surface area contributed by atoms with Crippen LogP contribution in [-0.4, -0.2) is 35.0 Å². The van der Waals surface area contributed by atoms with Crippen molar-refractivity contribution in [3.05, 3.63) is 78.8 Å². The molecule has 0 bridgehead atoms. The Kier molecular flexibility index (Phi) is 6.23. The molecule has 0 unspecified atom stereocenters. The van der Waals surface area contributed by atoms with Crippen molar-refractivity contribution >= 4 is 37.3 Å². The van der Waals surface area contributed by atoms with Crippen LogP contribution >= 0.6 is 10.2 Å². The van der Waals surface area contributed by atoms with Gasteiger partial charge in [0.05, 0.1) is 15.7 Å². The Balaban J connectivity index is 1.25. The van der Waals surface area contributed by atoms with Gasteiger partial charge in [0.1, 0.15) is 10.5 Å². The standard InChI is InChI=1S/C26H25F5N4O3S2/c27-40(28,29,30,31)23-11-5-20(6-12-23)34-19-3-9-22(10-4-19)39(37,38)21-7-1-17(2-8-21)18-15-24(25(32)36)26-33-13-14-35(26)16-18/h1-2,5-8,11-16,19,22,34H,3-4,9-10H2,(H2,32,36). The van der Waals surface area contributed by atoms with Gasteiger partial charge in [-0.05, 0) is 79.3 Å². The van der Waals surface area contributed by atoms with Gasteiger partial charge in [-0.15, -0.1) is 0 Å². The van der Waals surface area contributed by atoms with Crippen molar-refractivity contribution < 1.29 is 32.6 Å². The van der Waals surface area contributed by atoms with Crippen LogP contribution in [0.4, 0.5) is 25.1 Å². The lowest BCUT2D eigenvalue weighted by Gasteiger charge is -2.40. The van der Waals surface area contributed by atoms with Crippen LogP contribution in [-0.2, 0) is 9.84 Å². The maximum atomic E-state index is 13.3. The Morgan fingerprint density at radius 3 is 2.12 bits per heavy atom. The number of nitrogens with two attached hydrogens (primary N) is 1. The van der Waals surface area contributed by atoms with Crippen LogP contribution in [0.15, 0.2) is 83.0 Å². The van der Waals surface area contributed by atoms with E-state index in [9.17, 15) is 32.6 Å². The highest BCUT2D eigenvalue weighted by molar-refractivity contribution is 8.45. The number of imidazole rings is 1. The highest BCUT2D eigenvalue weighted by atomic mass is 32.5. The number of nitrogens with zero attached hydrogens (tertiary/aromatic N) is 2. The summed E-state index contributed by atoms with van der Waals surface area (Å²) in [4.78, 5) is 14.2. The second-order valence-electron chi connectivity index (χ2n) is 9.85. The Labute approximate surface area is 226 Å². The van der Waals surface area contributed by atoms with Crippen LogP contribution in [0.5, 0.6) is 0 Å². The first-order valence-electron chi connectivity index (χ1n) is 12.2. The van der Waals surface area contributed by atoms with E-state index < -0.39 is 36.1 Å². The molecule has 0 aliphatic heterocycles. The molecule has 0 spiro atoms. The topological polar surface area (TPSA) is 107 Å². The van der Waals surface area contributed by atoms with Crippen LogP contribution in [0.25, 0.3) is 16.8 Å². The van der Waals surface area contributed by atoms with Crippen molar-refractivity contribution in [1.29, 1.82) is 0 Å². The van der Waals surface area contributed by atoms with E-state index >= 15 is 0 Å². The molecule has 5 rings (SSSR count).